The summed E-state index contributed by atoms with van der Waals surface area (Å²) < 4.78 is 0. The Labute approximate surface area is 109 Å². The van der Waals surface area contributed by atoms with Crippen LogP contribution in [0.1, 0.15) is 18.9 Å². The molecule has 1 unspecified atom stereocenters. The molecule has 2 nitrogen and oxygen atoms in total. The van der Waals surface area contributed by atoms with Crippen molar-refractivity contribution in [3.63, 3.8) is 0 Å². The third-order valence-electron chi connectivity index (χ3n) is 2.93. The van der Waals surface area contributed by atoms with Crippen LogP contribution in [0.4, 0.5) is 0 Å². The summed E-state index contributed by atoms with van der Waals surface area (Å²) in [6.45, 7) is 3.36. The molecule has 0 radical (unpaired) electrons. The Kier molecular flexibility index (Phi) is 7.33. The largest absolute Gasteiger partial charge is 0.395 e. The van der Waals surface area contributed by atoms with Crippen molar-refractivity contribution in [3.8, 4) is 0 Å². The fraction of sp³-hybridized carbons (Fsp3) is 0.571. The van der Waals surface area contributed by atoms with Gasteiger partial charge in [0.1, 0.15) is 0 Å². The van der Waals surface area contributed by atoms with E-state index < -0.39 is 0 Å². The molecule has 0 spiro atoms. The number of hydrogen-bond donors (Lipinski definition) is 1. The van der Waals surface area contributed by atoms with Gasteiger partial charge in [0.15, 0.2) is 0 Å². The lowest BCUT2D eigenvalue weighted by atomic mass is 10.2. The van der Waals surface area contributed by atoms with Crippen molar-refractivity contribution in [2.24, 2.45) is 0 Å². The summed E-state index contributed by atoms with van der Waals surface area (Å²) in [4.78, 5) is 2.21. The van der Waals surface area contributed by atoms with Gasteiger partial charge in [-0.05, 0) is 38.3 Å². The summed E-state index contributed by atoms with van der Waals surface area (Å²) in [6, 6.07) is 10.9. The number of rotatable bonds is 8. The molecule has 1 N–H and O–H groups in total. The summed E-state index contributed by atoms with van der Waals surface area (Å²) >= 11 is 1.98. The molecule has 0 aromatic heterocycles. The fourth-order valence-electron chi connectivity index (χ4n) is 1.54. The number of nitrogens with zero attached hydrogens (tertiary/aromatic N) is 1. The van der Waals surface area contributed by atoms with Crippen molar-refractivity contribution in [1.29, 1.82) is 0 Å². The second-order valence-corrected chi connectivity index (χ2v) is 5.51. The number of likely N-dealkylation sites (N-methyl/N-ethyl adjacent to an activating group) is 1. The maximum Gasteiger partial charge on any atom is 0.0584 e. The number of benzene rings is 1. The minimum Gasteiger partial charge on any atom is -0.395 e. The summed E-state index contributed by atoms with van der Waals surface area (Å²) in [5.41, 5.74) is 1.40. The number of thioether (sulfide) groups is 1. The van der Waals surface area contributed by atoms with Crippen LogP contribution in [-0.2, 0) is 5.75 Å². The van der Waals surface area contributed by atoms with E-state index in [0.29, 0.717) is 0 Å². The van der Waals surface area contributed by atoms with Gasteiger partial charge in [0.25, 0.3) is 0 Å². The second kappa shape index (κ2) is 8.56. The molecule has 0 heterocycles. The first-order chi connectivity index (χ1) is 8.24. The van der Waals surface area contributed by atoms with Gasteiger partial charge in [-0.25, -0.2) is 0 Å². The summed E-state index contributed by atoms with van der Waals surface area (Å²) in [5, 5.41) is 9.01. The van der Waals surface area contributed by atoms with Crippen LogP contribution in [0.25, 0.3) is 0 Å². The van der Waals surface area contributed by atoms with Crippen LogP contribution >= 0.6 is 11.8 Å². The van der Waals surface area contributed by atoms with Crippen LogP contribution in [0.15, 0.2) is 30.3 Å². The standard InChI is InChI=1S/C14H23NOS/c1-13(11-16)15(2)9-6-10-17-12-14-7-4-3-5-8-14/h3-5,7-8,13,16H,6,9-12H2,1-2H3. The van der Waals surface area contributed by atoms with Gasteiger partial charge in [0.05, 0.1) is 6.61 Å². The molecule has 0 saturated carbocycles. The van der Waals surface area contributed by atoms with E-state index in [9.17, 15) is 0 Å². The normalized spacial score (nSPS) is 12.9. The van der Waals surface area contributed by atoms with Gasteiger partial charge >= 0.3 is 0 Å². The van der Waals surface area contributed by atoms with Gasteiger partial charge in [-0.2, -0.15) is 11.8 Å². The minimum absolute atomic E-state index is 0.244. The smallest absolute Gasteiger partial charge is 0.0584 e. The lowest BCUT2D eigenvalue weighted by Gasteiger charge is -2.22. The van der Waals surface area contributed by atoms with E-state index in [2.05, 4.69) is 49.2 Å². The monoisotopic (exact) mass is 253 g/mol. The molecule has 1 rings (SSSR count). The highest BCUT2D eigenvalue weighted by molar-refractivity contribution is 7.98. The van der Waals surface area contributed by atoms with E-state index in [0.717, 1.165) is 12.3 Å². The maximum atomic E-state index is 9.01. The van der Waals surface area contributed by atoms with Crippen molar-refractivity contribution in [2.75, 3.05) is 26.0 Å². The molecular formula is C14H23NOS. The molecule has 0 aliphatic heterocycles. The molecule has 0 fully saturated rings. The third-order valence-corrected chi connectivity index (χ3v) is 4.04. The molecule has 0 amide bonds. The minimum atomic E-state index is 0.244. The predicted octanol–water partition coefficient (Wildman–Crippen LogP) is 2.62. The summed E-state index contributed by atoms with van der Waals surface area (Å²) in [5.74, 6) is 2.28. The lowest BCUT2D eigenvalue weighted by Crippen LogP contribution is -2.32. The number of hydrogen-bond acceptors (Lipinski definition) is 3. The van der Waals surface area contributed by atoms with E-state index in [1.807, 2.05) is 11.8 Å². The van der Waals surface area contributed by atoms with Crippen molar-refractivity contribution < 1.29 is 5.11 Å². The van der Waals surface area contributed by atoms with E-state index >= 15 is 0 Å². The van der Waals surface area contributed by atoms with Crippen LogP contribution in [0.3, 0.4) is 0 Å². The Balaban J connectivity index is 2.05. The summed E-state index contributed by atoms with van der Waals surface area (Å²) in [6.07, 6.45) is 1.18. The average molecular weight is 253 g/mol. The first-order valence-electron chi connectivity index (χ1n) is 6.17. The van der Waals surface area contributed by atoms with E-state index in [1.165, 1.54) is 17.7 Å². The van der Waals surface area contributed by atoms with Crippen molar-refractivity contribution in [2.45, 2.75) is 25.1 Å². The zero-order valence-corrected chi connectivity index (χ0v) is 11.6. The molecule has 1 atom stereocenters. The van der Waals surface area contributed by atoms with Crippen molar-refractivity contribution in [3.05, 3.63) is 35.9 Å². The number of aliphatic hydroxyl groups excluding tert-OH is 1. The Morgan fingerprint density at radius 3 is 2.65 bits per heavy atom. The van der Waals surface area contributed by atoms with Gasteiger partial charge in [0, 0.05) is 11.8 Å². The predicted molar refractivity (Wildman–Crippen MR) is 76.4 cm³/mol. The maximum absolute atomic E-state index is 9.01. The average Bonchev–Trinajstić information content (AvgIpc) is 2.38. The Morgan fingerprint density at radius 2 is 2.00 bits per heavy atom. The molecule has 0 aliphatic carbocycles. The Hall–Kier alpha value is -0.510. The van der Waals surface area contributed by atoms with Crippen LogP contribution in [0.5, 0.6) is 0 Å². The topological polar surface area (TPSA) is 23.5 Å². The van der Waals surface area contributed by atoms with Gasteiger partial charge < -0.3 is 10.0 Å². The van der Waals surface area contributed by atoms with Crippen LogP contribution in [-0.4, -0.2) is 42.0 Å². The van der Waals surface area contributed by atoms with Crippen LogP contribution in [0.2, 0.25) is 0 Å². The van der Waals surface area contributed by atoms with E-state index in [1.54, 1.807) is 0 Å². The van der Waals surface area contributed by atoms with Crippen LogP contribution in [0, 0.1) is 0 Å². The molecule has 0 saturated heterocycles. The first kappa shape index (κ1) is 14.6. The van der Waals surface area contributed by atoms with E-state index in [4.69, 9.17) is 5.11 Å². The second-order valence-electron chi connectivity index (χ2n) is 4.40. The van der Waals surface area contributed by atoms with Crippen molar-refractivity contribution >= 4 is 11.8 Å². The molecule has 1 aromatic carbocycles. The molecule has 0 bridgehead atoms. The quantitative estimate of drug-likeness (QED) is 0.720. The zero-order chi connectivity index (χ0) is 12.5. The first-order valence-corrected chi connectivity index (χ1v) is 7.32. The highest BCUT2D eigenvalue weighted by Gasteiger charge is 2.06. The molecule has 0 aliphatic rings. The summed E-state index contributed by atoms with van der Waals surface area (Å²) in [7, 11) is 2.07. The fourth-order valence-corrected chi connectivity index (χ4v) is 2.45. The van der Waals surface area contributed by atoms with Gasteiger partial charge in [-0.15, -0.1) is 0 Å². The SMILES string of the molecule is CC(CO)N(C)CCCSCc1ccccc1. The van der Waals surface area contributed by atoms with Gasteiger partial charge in [0.2, 0.25) is 0 Å². The number of aliphatic hydroxyl groups is 1. The molecule has 17 heavy (non-hydrogen) atoms. The third kappa shape index (κ3) is 6.10. The Bertz CT molecular complexity index is 292. The highest BCUT2D eigenvalue weighted by atomic mass is 32.2. The Morgan fingerprint density at radius 1 is 1.29 bits per heavy atom. The molecule has 96 valence electrons. The molecular weight excluding hydrogens is 230 g/mol. The van der Waals surface area contributed by atoms with E-state index in [-0.39, 0.29) is 12.6 Å². The highest BCUT2D eigenvalue weighted by Crippen LogP contribution is 2.12. The van der Waals surface area contributed by atoms with Crippen molar-refractivity contribution in [1.82, 2.24) is 4.90 Å². The van der Waals surface area contributed by atoms with Gasteiger partial charge in [-0.3, -0.25) is 0 Å². The van der Waals surface area contributed by atoms with Gasteiger partial charge in [-0.1, -0.05) is 30.3 Å². The lowest BCUT2D eigenvalue weighted by molar-refractivity contribution is 0.159. The zero-order valence-electron chi connectivity index (χ0n) is 10.8. The molecule has 3 heteroatoms. The van der Waals surface area contributed by atoms with Crippen LogP contribution < -0.4 is 0 Å². The molecule has 1 aromatic rings.